The van der Waals surface area contributed by atoms with Crippen LogP contribution in [-0.4, -0.2) is 16.1 Å². The Balaban J connectivity index is 3.25. The smallest absolute Gasteiger partial charge is 0.379 e. The van der Waals surface area contributed by atoms with Crippen molar-refractivity contribution in [2.75, 3.05) is 0 Å². The van der Waals surface area contributed by atoms with Crippen LogP contribution in [0.15, 0.2) is 12.1 Å². The molecule has 0 saturated carbocycles. The molecule has 1 rings (SSSR count). The highest BCUT2D eigenvalue weighted by molar-refractivity contribution is 6.32. The van der Waals surface area contributed by atoms with Crippen molar-refractivity contribution in [2.24, 2.45) is 0 Å². The van der Waals surface area contributed by atoms with Gasteiger partial charge in [0.2, 0.25) is 0 Å². The minimum atomic E-state index is -4.02. The van der Waals surface area contributed by atoms with Crippen molar-refractivity contribution >= 4 is 29.2 Å². The summed E-state index contributed by atoms with van der Waals surface area (Å²) in [7, 11) is 0. The second kappa shape index (κ2) is 3.67. The number of hydrogen-bond donors (Lipinski definition) is 1. The van der Waals surface area contributed by atoms with E-state index in [-0.39, 0.29) is 10.3 Å². The zero-order chi connectivity index (χ0) is 10.9. The number of hydrogen-bond acceptors (Lipinski definition) is 2. The molecule has 1 aromatic heterocycles. The molecule has 0 saturated heterocycles. The summed E-state index contributed by atoms with van der Waals surface area (Å²) in [4.78, 5) is 13.6. The zero-order valence-corrected chi connectivity index (χ0v) is 7.98. The zero-order valence-electron chi connectivity index (χ0n) is 6.47. The Labute approximate surface area is 87.3 Å². The second-order valence-corrected chi connectivity index (χ2v) is 3.16. The summed E-state index contributed by atoms with van der Waals surface area (Å²) in [6, 6.07) is 1.50. The van der Waals surface area contributed by atoms with E-state index in [1.807, 2.05) is 0 Å². The van der Waals surface area contributed by atoms with Crippen LogP contribution in [0.4, 0.5) is 8.78 Å². The van der Waals surface area contributed by atoms with Gasteiger partial charge in [0.1, 0.15) is 10.3 Å². The molecule has 0 amide bonds. The van der Waals surface area contributed by atoms with Gasteiger partial charge < -0.3 is 5.11 Å². The van der Waals surface area contributed by atoms with Gasteiger partial charge in [-0.2, -0.15) is 8.78 Å². The standard InChI is InChI=1S/C7H3Cl2F2NO2/c8-4-1-3(2-5(9)12-4)7(10,11)6(13)14/h1-2H,(H,13,14). The first kappa shape index (κ1) is 11.1. The van der Waals surface area contributed by atoms with Crippen molar-refractivity contribution < 1.29 is 18.7 Å². The summed E-state index contributed by atoms with van der Waals surface area (Å²) in [5, 5.41) is 7.65. The van der Waals surface area contributed by atoms with Gasteiger partial charge in [-0.25, -0.2) is 9.78 Å². The average Bonchev–Trinajstić information content (AvgIpc) is 2.01. The molecule has 1 heterocycles. The molecule has 0 fully saturated rings. The van der Waals surface area contributed by atoms with Gasteiger partial charge in [-0.15, -0.1) is 0 Å². The molecule has 0 bridgehead atoms. The molecule has 1 aromatic rings. The maximum atomic E-state index is 12.9. The molecule has 0 atom stereocenters. The molecule has 0 radical (unpaired) electrons. The van der Waals surface area contributed by atoms with Crippen LogP contribution < -0.4 is 0 Å². The SMILES string of the molecule is O=C(O)C(F)(F)c1cc(Cl)nc(Cl)c1. The third-order valence-electron chi connectivity index (χ3n) is 1.39. The van der Waals surface area contributed by atoms with Crippen LogP contribution in [0.2, 0.25) is 10.3 Å². The maximum Gasteiger partial charge on any atom is 0.379 e. The van der Waals surface area contributed by atoms with E-state index in [2.05, 4.69) is 4.98 Å². The molecule has 0 aliphatic carbocycles. The van der Waals surface area contributed by atoms with Crippen LogP contribution in [-0.2, 0) is 10.7 Å². The Morgan fingerprint density at radius 3 is 2.14 bits per heavy atom. The molecule has 0 aliphatic heterocycles. The third kappa shape index (κ3) is 2.10. The van der Waals surface area contributed by atoms with E-state index in [0.717, 1.165) is 12.1 Å². The van der Waals surface area contributed by atoms with Crippen molar-refractivity contribution in [3.05, 3.63) is 28.0 Å². The molecule has 0 aliphatic rings. The van der Waals surface area contributed by atoms with Crippen molar-refractivity contribution in [1.82, 2.24) is 4.98 Å². The molecule has 0 spiro atoms. The highest BCUT2D eigenvalue weighted by Gasteiger charge is 2.41. The molecule has 76 valence electrons. The van der Waals surface area contributed by atoms with E-state index >= 15 is 0 Å². The van der Waals surface area contributed by atoms with Gasteiger partial charge in [0.15, 0.2) is 0 Å². The number of nitrogens with zero attached hydrogens (tertiary/aromatic N) is 1. The summed E-state index contributed by atoms with van der Waals surface area (Å²) >= 11 is 10.7. The number of aliphatic carboxylic acids is 1. The number of pyridine rings is 1. The van der Waals surface area contributed by atoms with Crippen molar-refractivity contribution in [2.45, 2.75) is 5.92 Å². The highest BCUT2D eigenvalue weighted by atomic mass is 35.5. The van der Waals surface area contributed by atoms with Gasteiger partial charge in [0.25, 0.3) is 0 Å². The molecular formula is C7H3Cl2F2NO2. The fourth-order valence-corrected chi connectivity index (χ4v) is 1.23. The second-order valence-electron chi connectivity index (χ2n) is 2.38. The Bertz CT molecular complexity index is 364. The van der Waals surface area contributed by atoms with Crippen LogP contribution in [0.25, 0.3) is 0 Å². The average molecular weight is 242 g/mol. The van der Waals surface area contributed by atoms with Crippen molar-refractivity contribution in [1.29, 1.82) is 0 Å². The van der Waals surface area contributed by atoms with Crippen LogP contribution in [0.3, 0.4) is 0 Å². The monoisotopic (exact) mass is 241 g/mol. The predicted octanol–water partition coefficient (Wildman–Crippen LogP) is 2.56. The lowest BCUT2D eigenvalue weighted by Gasteiger charge is -2.11. The predicted molar refractivity (Wildman–Crippen MR) is 45.8 cm³/mol. The molecule has 0 unspecified atom stereocenters. The summed E-state index contributed by atoms with van der Waals surface area (Å²) in [5.74, 6) is -6.29. The fraction of sp³-hybridized carbons (Fsp3) is 0.143. The van der Waals surface area contributed by atoms with Gasteiger partial charge in [0.05, 0.1) is 0 Å². The number of alkyl halides is 2. The lowest BCUT2D eigenvalue weighted by molar-refractivity contribution is -0.166. The maximum absolute atomic E-state index is 12.9. The lowest BCUT2D eigenvalue weighted by Crippen LogP contribution is -2.25. The Hall–Kier alpha value is -0.940. The first-order valence-electron chi connectivity index (χ1n) is 3.29. The number of carboxylic acid groups (broad SMARTS) is 1. The largest absolute Gasteiger partial charge is 0.477 e. The van der Waals surface area contributed by atoms with Gasteiger partial charge in [-0.1, -0.05) is 23.2 Å². The topological polar surface area (TPSA) is 50.2 Å². The molecular weight excluding hydrogens is 239 g/mol. The van der Waals surface area contributed by atoms with Gasteiger partial charge in [-0.05, 0) is 12.1 Å². The number of halogens is 4. The Kier molecular flexibility index (Phi) is 2.92. The van der Waals surface area contributed by atoms with E-state index in [9.17, 15) is 13.6 Å². The summed E-state index contributed by atoms with van der Waals surface area (Å²) in [6.07, 6.45) is 0. The normalized spacial score (nSPS) is 11.4. The van der Waals surface area contributed by atoms with Crippen LogP contribution in [0, 0.1) is 0 Å². The molecule has 0 aromatic carbocycles. The molecule has 3 nitrogen and oxygen atoms in total. The van der Waals surface area contributed by atoms with Crippen LogP contribution in [0.1, 0.15) is 5.56 Å². The molecule has 7 heteroatoms. The quantitative estimate of drug-likeness (QED) is 0.810. The van der Waals surface area contributed by atoms with Gasteiger partial charge in [0, 0.05) is 5.56 Å². The first-order chi connectivity index (χ1) is 6.34. The number of carboxylic acids is 1. The van der Waals surface area contributed by atoms with E-state index in [1.54, 1.807) is 0 Å². The minimum absolute atomic E-state index is 0.284. The van der Waals surface area contributed by atoms with Crippen LogP contribution in [0.5, 0.6) is 0 Å². The van der Waals surface area contributed by atoms with Gasteiger partial charge >= 0.3 is 11.9 Å². The first-order valence-corrected chi connectivity index (χ1v) is 4.04. The van der Waals surface area contributed by atoms with Crippen molar-refractivity contribution in [3.63, 3.8) is 0 Å². The lowest BCUT2D eigenvalue weighted by atomic mass is 10.1. The Morgan fingerprint density at radius 2 is 1.79 bits per heavy atom. The third-order valence-corrected chi connectivity index (χ3v) is 1.78. The summed E-state index contributed by atoms with van der Waals surface area (Å²) in [5.41, 5.74) is -0.796. The van der Waals surface area contributed by atoms with E-state index in [1.165, 1.54) is 0 Å². The number of carbonyl (C=O) groups is 1. The van der Waals surface area contributed by atoms with E-state index in [4.69, 9.17) is 28.3 Å². The Morgan fingerprint density at radius 1 is 1.36 bits per heavy atom. The minimum Gasteiger partial charge on any atom is -0.477 e. The molecule has 14 heavy (non-hydrogen) atoms. The fourth-order valence-electron chi connectivity index (χ4n) is 0.770. The summed E-state index contributed by atoms with van der Waals surface area (Å²) < 4.78 is 25.8. The highest BCUT2D eigenvalue weighted by Crippen LogP contribution is 2.30. The number of aromatic nitrogens is 1. The van der Waals surface area contributed by atoms with Crippen LogP contribution >= 0.6 is 23.2 Å². The van der Waals surface area contributed by atoms with Crippen molar-refractivity contribution in [3.8, 4) is 0 Å². The summed E-state index contributed by atoms with van der Waals surface area (Å²) in [6.45, 7) is 0. The molecule has 1 N–H and O–H groups in total. The van der Waals surface area contributed by atoms with E-state index < -0.39 is 17.5 Å². The van der Waals surface area contributed by atoms with Gasteiger partial charge in [-0.3, -0.25) is 0 Å². The number of rotatable bonds is 2. The van der Waals surface area contributed by atoms with E-state index in [0.29, 0.717) is 0 Å².